The van der Waals surface area contributed by atoms with Crippen LogP contribution in [0.3, 0.4) is 0 Å². The SMILES string of the molecule is CC(C)[C@@H](C)NCc1cc(O)c2c(c1C(F)(F)F)C[C@H]1C[C@H]3[C@H](N(C)C)C(=O)C(C(N)=O)C(=O)[C@@]3(O)C(=O)C1C2=O. The Morgan fingerprint density at radius 2 is 1.78 bits per heavy atom. The number of fused-ring (bicyclic) bond motifs is 3. The molecular formula is C28H34F3N3O7. The first kappa shape index (κ1) is 30.8. The summed E-state index contributed by atoms with van der Waals surface area (Å²) in [4.78, 5) is 67.3. The number of alkyl halides is 3. The lowest BCUT2D eigenvalue weighted by Gasteiger charge is -2.52. The maximum absolute atomic E-state index is 14.5. The van der Waals surface area contributed by atoms with E-state index in [1.165, 1.54) is 19.0 Å². The van der Waals surface area contributed by atoms with E-state index in [1.54, 1.807) is 6.92 Å². The molecular weight excluding hydrogens is 547 g/mol. The summed E-state index contributed by atoms with van der Waals surface area (Å²) >= 11 is 0. The number of phenols is 1. The summed E-state index contributed by atoms with van der Waals surface area (Å²) in [5.74, 6) is -13.3. The molecule has 4 rings (SSSR count). The predicted octanol–water partition coefficient (Wildman–Crippen LogP) is 1.02. The Labute approximate surface area is 234 Å². The van der Waals surface area contributed by atoms with E-state index in [2.05, 4.69) is 5.32 Å². The van der Waals surface area contributed by atoms with Gasteiger partial charge >= 0.3 is 6.18 Å². The molecule has 3 aliphatic carbocycles. The number of amides is 1. The Morgan fingerprint density at radius 1 is 1.17 bits per heavy atom. The number of aliphatic hydroxyl groups is 1. The van der Waals surface area contributed by atoms with Crippen LogP contribution in [-0.4, -0.2) is 75.9 Å². The molecule has 7 atom stereocenters. The summed E-state index contributed by atoms with van der Waals surface area (Å²) in [6, 6.07) is -0.664. The number of nitrogens with zero attached hydrogens (tertiary/aromatic N) is 1. The van der Waals surface area contributed by atoms with Gasteiger partial charge in [0.05, 0.1) is 23.1 Å². The van der Waals surface area contributed by atoms with Crippen molar-refractivity contribution in [1.82, 2.24) is 10.2 Å². The van der Waals surface area contributed by atoms with Gasteiger partial charge in [-0.25, -0.2) is 0 Å². The van der Waals surface area contributed by atoms with Crippen LogP contribution in [-0.2, 0) is 38.3 Å². The molecule has 10 nitrogen and oxygen atoms in total. The van der Waals surface area contributed by atoms with Crippen LogP contribution in [0.2, 0.25) is 0 Å². The van der Waals surface area contributed by atoms with E-state index < -0.39 is 99.4 Å². The van der Waals surface area contributed by atoms with Gasteiger partial charge in [-0.1, -0.05) is 13.8 Å². The first-order valence-corrected chi connectivity index (χ1v) is 13.4. The highest BCUT2D eigenvalue weighted by Crippen LogP contribution is 2.52. The van der Waals surface area contributed by atoms with Crippen LogP contribution in [0.4, 0.5) is 13.2 Å². The molecule has 0 heterocycles. The van der Waals surface area contributed by atoms with Crippen molar-refractivity contribution in [3.8, 4) is 5.75 Å². The largest absolute Gasteiger partial charge is 0.507 e. The van der Waals surface area contributed by atoms with Crippen LogP contribution in [0.5, 0.6) is 5.75 Å². The first-order chi connectivity index (χ1) is 18.8. The number of primary amides is 1. The highest BCUT2D eigenvalue weighted by molar-refractivity contribution is 6.32. The Bertz CT molecular complexity index is 1340. The van der Waals surface area contributed by atoms with Crippen molar-refractivity contribution in [2.45, 2.75) is 64.0 Å². The van der Waals surface area contributed by atoms with Gasteiger partial charge in [-0.3, -0.25) is 28.9 Å². The number of aromatic hydroxyl groups is 1. The summed E-state index contributed by atoms with van der Waals surface area (Å²) in [5, 5.41) is 25.4. The standard InChI is InChI=1S/C28H34F3N3O7/c1-10(2)11(3)33-9-13-8-16(35)18-14(20(13)28(29,30)31)6-12-7-15-21(34(4)5)23(37)19(26(32)40)25(39)27(15,41)24(38)17(12)22(18)36/h8,10-12,15,17,19,21,33,35,41H,6-7,9H2,1-5H3,(H2,32,40)/t11-,12+,15+,17?,19?,21+,27+/m1/s1. The second-order valence-corrected chi connectivity index (χ2v) is 12.0. The zero-order valence-electron chi connectivity index (χ0n) is 23.3. The number of carbonyl (C=O) groups excluding carboxylic acids is 5. The number of phenolic OH excluding ortho intramolecular Hbond substituents is 1. The number of hydrogen-bond acceptors (Lipinski definition) is 9. The van der Waals surface area contributed by atoms with E-state index in [0.717, 1.165) is 6.07 Å². The van der Waals surface area contributed by atoms with Crippen molar-refractivity contribution in [3.05, 3.63) is 28.3 Å². The number of rotatable bonds is 6. The monoisotopic (exact) mass is 581 g/mol. The molecule has 2 saturated carbocycles. The smallest absolute Gasteiger partial charge is 0.417 e. The van der Waals surface area contributed by atoms with E-state index in [0.29, 0.717) is 0 Å². The summed E-state index contributed by atoms with van der Waals surface area (Å²) in [6.45, 7) is 5.33. The molecule has 13 heteroatoms. The number of ketones is 4. The minimum atomic E-state index is -4.92. The third kappa shape index (κ3) is 4.67. The van der Waals surface area contributed by atoms with E-state index in [1.807, 2.05) is 13.8 Å². The summed E-state index contributed by atoms with van der Waals surface area (Å²) in [6.07, 6.45) is -5.73. The van der Waals surface area contributed by atoms with Gasteiger partial charge in [0.1, 0.15) is 5.75 Å². The highest BCUT2D eigenvalue weighted by Gasteiger charge is 2.69. The molecule has 5 N–H and O–H groups in total. The number of nitrogens with one attached hydrogen (secondary N) is 1. The number of halogens is 3. The molecule has 0 saturated heterocycles. The topological polar surface area (TPSA) is 167 Å². The number of carbonyl (C=O) groups is 5. The van der Waals surface area contributed by atoms with Gasteiger partial charge in [-0.05, 0) is 62.9 Å². The molecule has 0 aromatic heterocycles. The fraction of sp³-hybridized carbons (Fsp3) is 0.607. The molecule has 0 aliphatic heterocycles. The predicted molar refractivity (Wildman–Crippen MR) is 138 cm³/mol. The Kier molecular flexibility index (Phi) is 7.72. The lowest BCUT2D eigenvalue weighted by molar-refractivity contribution is -0.181. The van der Waals surface area contributed by atoms with Crippen LogP contribution in [0.1, 0.15) is 54.2 Å². The van der Waals surface area contributed by atoms with Gasteiger partial charge < -0.3 is 21.3 Å². The van der Waals surface area contributed by atoms with Crippen LogP contribution in [0.15, 0.2) is 6.07 Å². The average molecular weight is 582 g/mol. The molecule has 224 valence electrons. The van der Waals surface area contributed by atoms with E-state index in [4.69, 9.17) is 5.73 Å². The summed E-state index contributed by atoms with van der Waals surface area (Å²) < 4.78 is 43.6. The molecule has 2 fully saturated rings. The maximum atomic E-state index is 14.5. The van der Waals surface area contributed by atoms with E-state index in [-0.39, 0.29) is 30.5 Å². The van der Waals surface area contributed by atoms with Crippen molar-refractivity contribution in [1.29, 1.82) is 0 Å². The first-order valence-electron chi connectivity index (χ1n) is 13.4. The van der Waals surface area contributed by atoms with E-state index in [9.17, 15) is 47.4 Å². The number of nitrogens with two attached hydrogens (primary N) is 1. The van der Waals surface area contributed by atoms with Crippen LogP contribution in [0.25, 0.3) is 0 Å². The van der Waals surface area contributed by atoms with Crippen molar-refractivity contribution in [2.75, 3.05) is 14.1 Å². The van der Waals surface area contributed by atoms with E-state index >= 15 is 0 Å². The molecule has 2 unspecified atom stereocenters. The molecule has 1 amide bonds. The molecule has 3 aliphatic rings. The zero-order chi connectivity index (χ0) is 30.9. The number of benzene rings is 1. The third-order valence-corrected chi connectivity index (χ3v) is 9.04. The van der Waals surface area contributed by atoms with Gasteiger partial charge in [-0.15, -0.1) is 0 Å². The lowest BCUT2D eigenvalue weighted by atomic mass is 9.52. The molecule has 0 radical (unpaired) electrons. The van der Waals surface area contributed by atoms with Crippen molar-refractivity contribution in [2.24, 2.45) is 35.3 Å². The van der Waals surface area contributed by atoms with Crippen molar-refractivity contribution >= 4 is 29.0 Å². The summed E-state index contributed by atoms with van der Waals surface area (Å²) in [5.41, 5.74) is -0.201. The molecule has 1 aromatic carbocycles. The quantitative estimate of drug-likeness (QED) is 0.359. The lowest BCUT2D eigenvalue weighted by Crippen LogP contribution is -2.74. The fourth-order valence-corrected chi connectivity index (χ4v) is 6.74. The molecule has 0 bridgehead atoms. The third-order valence-electron chi connectivity index (χ3n) is 9.04. The number of likely N-dealkylation sites (N-methyl/N-ethyl adjacent to an activating group) is 1. The maximum Gasteiger partial charge on any atom is 0.417 e. The summed E-state index contributed by atoms with van der Waals surface area (Å²) in [7, 11) is 2.85. The number of hydrogen-bond donors (Lipinski definition) is 4. The van der Waals surface area contributed by atoms with Gasteiger partial charge in [0.15, 0.2) is 34.7 Å². The normalized spacial score (nSPS) is 30.8. The minimum absolute atomic E-state index is 0.101. The van der Waals surface area contributed by atoms with Crippen LogP contribution in [0, 0.1) is 29.6 Å². The average Bonchev–Trinajstić information content (AvgIpc) is 2.83. The second-order valence-electron chi connectivity index (χ2n) is 12.0. The minimum Gasteiger partial charge on any atom is -0.507 e. The van der Waals surface area contributed by atoms with Gasteiger partial charge in [0.25, 0.3) is 0 Å². The van der Waals surface area contributed by atoms with Crippen molar-refractivity contribution in [3.63, 3.8) is 0 Å². The highest BCUT2D eigenvalue weighted by atomic mass is 19.4. The van der Waals surface area contributed by atoms with Gasteiger partial charge in [0, 0.05) is 18.5 Å². The van der Waals surface area contributed by atoms with Gasteiger partial charge in [0.2, 0.25) is 5.91 Å². The van der Waals surface area contributed by atoms with Crippen molar-refractivity contribution < 1.29 is 47.4 Å². The van der Waals surface area contributed by atoms with Gasteiger partial charge in [-0.2, -0.15) is 13.2 Å². The Hall–Kier alpha value is -3.16. The zero-order valence-corrected chi connectivity index (χ0v) is 23.3. The second kappa shape index (κ2) is 10.3. The van der Waals surface area contributed by atoms with Crippen LogP contribution >= 0.6 is 0 Å². The van der Waals surface area contributed by atoms with Crippen LogP contribution < -0.4 is 11.1 Å². The Morgan fingerprint density at radius 3 is 2.29 bits per heavy atom. The number of Topliss-reactive ketones (excluding diaryl/α,β-unsaturated/α-hetero) is 4. The molecule has 41 heavy (non-hydrogen) atoms. The fourth-order valence-electron chi connectivity index (χ4n) is 6.74. The molecule has 1 aromatic rings. The Balaban J connectivity index is 1.87. The molecule has 0 spiro atoms.